The quantitative estimate of drug-likeness (QED) is 0.540. The van der Waals surface area contributed by atoms with E-state index in [2.05, 4.69) is 4.74 Å². The molecule has 0 aromatic rings. The SMILES string of the molecule is C[C@@H]1C[C@@H]1OC(N)=O. The van der Waals surface area contributed by atoms with E-state index >= 15 is 0 Å². The first-order valence-electron chi connectivity index (χ1n) is 2.66. The Bertz CT molecular complexity index is 113. The predicted molar refractivity (Wildman–Crippen MR) is 28.2 cm³/mol. The van der Waals surface area contributed by atoms with Gasteiger partial charge in [0, 0.05) is 0 Å². The summed E-state index contributed by atoms with van der Waals surface area (Å²) in [4.78, 5) is 10.00. The van der Waals surface area contributed by atoms with E-state index < -0.39 is 6.09 Å². The molecule has 0 spiro atoms. The van der Waals surface area contributed by atoms with Gasteiger partial charge in [-0.25, -0.2) is 4.79 Å². The number of hydrogen-bond donors (Lipinski definition) is 1. The fourth-order valence-corrected chi connectivity index (χ4v) is 0.601. The van der Waals surface area contributed by atoms with Crippen molar-refractivity contribution in [1.82, 2.24) is 0 Å². The molecular weight excluding hydrogens is 106 g/mol. The molecule has 0 heterocycles. The van der Waals surface area contributed by atoms with Crippen LogP contribution in [0.25, 0.3) is 0 Å². The molecule has 2 atom stereocenters. The van der Waals surface area contributed by atoms with Gasteiger partial charge in [-0.1, -0.05) is 6.92 Å². The third-order valence-electron chi connectivity index (χ3n) is 1.30. The average Bonchev–Trinajstić information content (AvgIpc) is 2.17. The summed E-state index contributed by atoms with van der Waals surface area (Å²) in [6.45, 7) is 2.02. The molecule has 0 saturated heterocycles. The number of ether oxygens (including phenoxy) is 1. The minimum atomic E-state index is -0.653. The molecule has 0 radical (unpaired) electrons. The molecule has 1 aliphatic rings. The Labute approximate surface area is 47.8 Å². The van der Waals surface area contributed by atoms with Gasteiger partial charge in [-0.05, 0) is 12.3 Å². The Morgan fingerprint density at radius 2 is 2.38 bits per heavy atom. The van der Waals surface area contributed by atoms with E-state index in [-0.39, 0.29) is 6.10 Å². The van der Waals surface area contributed by atoms with E-state index in [1.54, 1.807) is 0 Å². The maximum atomic E-state index is 10.00. The van der Waals surface area contributed by atoms with Gasteiger partial charge < -0.3 is 10.5 Å². The summed E-state index contributed by atoms with van der Waals surface area (Å²) in [5.41, 5.74) is 4.73. The highest BCUT2D eigenvalue weighted by atomic mass is 16.6. The van der Waals surface area contributed by atoms with E-state index in [1.165, 1.54) is 0 Å². The van der Waals surface area contributed by atoms with Gasteiger partial charge in [0.2, 0.25) is 0 Å². The Morgan fingerprint density at radius 1 is 1.88 bits per heavy atom. The highest BCUT2D eigenvalue weighted by molar-refractivity contribution is 5.65. The van der Waals surface area contributed by atoms with Crippen LogP contribution in [0, 0.1) is 5.92 Å². The van der Waals surface area contributed by atoms with Crippen molar-refractivity contribution in [1.29, 1.82) is 0 Å². The van der Waals surface area contributed by atoms with Crippen LogP contribution in [-0.4, -0.2) is 12.2 Å². The first kappa shape index (κ1) is 5.41. The molecule has 1 saturated carbocycles. The van der Waals surface area contributed by atoms with Crippen LogP contribution in [0.3, 0.4) is 0 Å². The highest BCUT2D eigenvalue weighted by Crippen LogP contribution is 2.32. The smallest absolute Gasteiger partial charge is 0.404 e. The maximum Gasteiger partial charge on any atom is 0.404 e. The van der Waals surface area contributed by atoms with Crippen LogP contribution in [0.4, 0.5) is 4.79 Å². The fraction of sp³-hybridized carbons (Fsp3) is 0.800. The highest BCUT2D eigenvalue weighted by Gasteiger charge is 2.35. The van der Waals surface area contributed by atoms with Gasteiger partial charge in [-0.2, -0.15) is 0 Å². The summed E-state index contributed by atoms with van der Waals surface area (Å²) < 4.78 is 4.61. The van der Waals surface area contributed by atoms with Crippen molar-refractivity contribution in [2.45, 2.75) is 19.4 Å². The molecule has 46 valence electrons. The minimum Gasteiger partial charge on any atom is -0.446 e. The second-order valence-electron chi connectivity index (χ2n) is 2.19. The zero-order valence-electron chi connectivity index (χ0n) is 4.76. The van der Waals surface area contributed by atoms with Crippen molar-refractivity contribution < 1.29 is 9.53 Å². The van der Waals surface area contributed by atoms with Gasteiger partial charge in [0.15, 0.2) is 0 Å². The van der Waals surface area contributed by atoms with Crippen LogP contribution in [-0.2, 0) is 4.74 Å². The van der Waals surface area contributed by atoms with Crippen molar-refractivity contribution in [2.75, 3.05) is 0 Å². The van der Waals surface area contributed by atoms with E-state index in [0.717, 1.165) is 6.42 Å². The van der Waals surface area contributed by atoms with Crippen LogP contribution in [0.5, 0.6) is 0 Å². The normalized spacial score (nSPS) is 34.1. The van der Waals surface area contributed by atoms with Crippen molar-refractivity contribution in [3.05, 3.63) is 0 Å². The van der Waals surface area contributed by atoms with E-state index in [9.17, 15) is 4.79 Å². The Balaban J connectivity index is 2.14. The third-order valence-corrected chi connectivity index (χ3v) is 1.30. The number of nitrogens with two attached hydrogens (primary N) is 1. The third kappa shape index (κ3) is 1.12. The maximum absolute atomic E-state index is 10.00. The lowest BCUT2D eigenvalue weighted by Crippen LogP contribution is -2.14. The standard InChI is InChI=1S/C5H9NO2/c1-3-2-4(3)8-5(6)7/h3-4H,2H2,1H3,(H2,6,7)/t3-,4+/m1/s1. The van der Waals surface area contributed by atoms with E-state index in [1.807, 2.05) is 6.92 Å². The molecule has 2 N–H and O–H groups in total. The van der Waals surface area contributed by atoms with E-state index in [0.29, 0.717) is 5.92 Å². The lowest BCUT2D eigenvalue weighted by molar-refractivity contribution is 0.144. The number of carbonyl (C=O) groups is 1. The largest absolute Gasteiger partial charge is 0.446 e. The zero-order chi connectivity index (χ0) is 6.15. The molecule has 3 nitrogen and oxygen atoms in total. The van der Waals surface area contributed by atoms with Gasteiger partial charge in [0.1, 0.15) is 6.10 Å². The summed E-state index contributed by atoms with van der Waals surface area (Å²) in [5.74, 6) is 0.530. The number of rotatable bonds is 1. The molecule has 1 fully saturated rings. The van der Waals surface area contributed by atoms with Crippen LogP contribution < -0.4 is 5.73 Å². The van der Waals surface area contributed by atoms with Crippen molar-refractivity contribution >= 4 is 6.09 Å². The van der Waals surface area contributed by atoms with Gasteiger partial charge in [-0.15, -0.1) is 0 Å². The Kier molecular flexibility index (Phi) is 1.12. The Morgan fingerprint density at radius 3 is 2.50 bits per heavy atom. The van der Waals surface area contributed by atoms with Crippen LogP contribution in [0.15, 0.2) is 0 Å². The van der Waals surface area contributed by atoms with Crippen LogP contribution in [0.2, 0.25) is 0 Å². The van der Waals surface area contributed by atoms with Gasteiger partial charge in [-0.3, -0.25) is 0 Å². The van der Waals surface area contributed by atoms with Crippen molar-refractivity contribution in [3.63, 3.8) is 0 Å². The van der Waals surface area contributed by atoms with Crippen LogP contribution in [0.1, 0.15) is 13.3 Å². The average molecular weight is 115 g/mol. The van der Waals surface area contributed by atoms with Gasteiger partial charge >= 0.3 is 6.09 Å². The number of amides is 1. The minimum absolute atomic E-state index is 0.118. The number of hydrogen-bond acceptors (Lipinski definition) is 2. The fourth-order valence-electron chi connectivity index (χ4n) is 0.601. The Hall–Kier alpha value is -0.730. The van der Waals surface area contributed by atoms with E-state index in [4.69, 9.17) is 5.73 Å². The molecule has 8 heavy (non-hydrogen) atoms. The summed E-state index contributed by atoms with van der Waals surface area (Å²) in [6.07, 6.45) is 0.440. The second-order valence-corrected chi connectivity index (χ2v) is 2.19. The molecule has 1 aliphatic carbocycles. The zero-order valence-corrected chi connectivity index (χ0v) is 4.76. The molecule has 1 amide bonds. The van der Waals surface area contributed by atoms with Gasteiger partial charge in [0.25, 0.3) is 0 Å². The molecule has 3 heteroatoms. The first-order chi connectivity index (χ1) is 3.70. The molecule has 0 aliphatic heterocycles. The molecule has 0 aromatic carbocycles. The topological polar surface area (TPSA) is 52.3 Å². The van der Waals surface area contributed by atoms with Crippen molar-refractivity contribution in [2.24, 2.45) is 11.7 Å². The van der Waals surface area contributed by atoms with Crippen LogP contribution >= 0.6 is 0 Å². The molecule has 0 bridgehead atoms. The molecule has 1 rings (SSSR count). The molecule has 0 unspecified atom stereocenters. The monoisotopic (exact) mass is 115 g/mol. The second kappa shape index (κ2) is 1.65. The summed E-state index contributed by atoms with van der Waals surface area (Å²) in [6, 6.07) is 0. The lowest BCUT2D eigenvalue weighted by atomic mass is 10.5. The van der Waals surface area contributed by atoms with Gasteiger partial charge in [0.05, 0.1) is 0 Å². The van der Waals surface area contributed by atoms with Crippen molar-refractivity contribution in [3.8, 4) is 0 Å². The predicted octanol–water partition coefficient (Wildman–Crippen LogP) is 0.490. The summed E-state index contributed by atoms with van der Waals surface area (Å²) >= 11 is 0. The number of carbonyl (C=O) groups excluding carboxylic acids is 1. The summed E-state index contributed by atoms with van der Waals surface area (Å²) in [5, 5.41) is 0. The molecule has 0 aromatic heterocycles. The summed E-state index contributed by atoms with van der Waals surface area (Å²) in [7, 11) is 0. The number of primary amides is 1. The first-order valence-corrected chi connectivity index (χ1v) is 2.66. The molecular formula is C5H9NO2. The lowest BCUT2D eigenvalue weighted by Gasteiger charge is -1.94.